The second-order valence-electron chi connectivity index (χ2n) is 5.15. The highest BCUT2D eigenvalue weighted by Crippen LogP contribution is 2.21. The molecule has 5 heteroatoms. The highest BCUT2D eigenvalue weighted by Gasteiger charge is 2.20. The van der Waals surface area contributed by atoms with Gasteiger partial charge in [-0.3, -0.25) is 0 Å². The van der Waals surface area contributed by atoms with Gasteiger partial charge >= 0.3 is 0 Å². The smallest absolute Gasteiger partial charge is 0.123 e. The Labute approximate surface area is 129 Å². The molecular weight excluding hydrogens is 284 g/mol. The van der Waals surface area contributed by atoms with Gasteiger partial charge in [0.1, 0.15) is 11.5 Å². The van der Waals surface area contributed by atoms with Crippen LogP contribution in [0, 0.1) is 0 Å². The van der Waals surface area contributed by atoms with Gasteiger partial charge in [0.2, 0.25) is 0 Å². The molecule has 0 unspecified atom stereocenters. The number of nitrogens with one attached hydrogen (secondary N) is 1. The van der Waals surface area contributed by atoms with Gasteiger partial charge in [-0.1, -0.05) is 6.07 Å². The first-order valence-corrected chi connectivity index (χ1v) is 8.09. The van der Waals surface area contributed by atoms with E-state index in [2.05, 4.69) is 10.3 Å². The van der Waals surface area contributed by atoms with Crippen molar-refractivity contribution >= 4 is 11.3 Å². The average Bonchev–Trinajstić information content (AvgIpc) is 3.24. The fourth-order valence-electron chi connectivity index (χ4n) is 2.02. The summed E-state index contributed by atoms with van der Waals surface area (Å²) >= 11 is 1.77. The standard InChI is InChI=1S/C16H20N2O2S/c1-19-13-3-2-4-14(9-13)20-8-7-16-18-11-15(21-16)10-17-12-5-6-12/h2-4,9,11-12,17H,5-8,10H2,1H3. The summed E-state index contributed by atoms with van der Waals surface area (Å²) < 4.78 is 10.9. The maximum absolute atomic E-state index is 5.74. The summed E-state index contributed by atoms with van der Waals surface area (Å²) in [7, 11) is 1.66. The van der Waals surface area contributed by atoms with Gasteiger partial charge in [0.05, 0.1) is 18.7 Å². The normalized spacial score (nSPS) is 14.1. The van der Waals surface area contributed by atoms with Gasteiger partial charge in [0, 0.05) is 36.1 Å². The molecule has 0 atom stereocenters. The molecule has 1 fully saturated rings. The Bertz CT molecular complexity index is 581. The van der Waals surface area contributed by atoms with E-state index in [0.717, 1.165) is 35.5 Å². The predicted molar refractivity (Wildman–Crippen MR) is 84.2 cm³/mol. The predicted octanol–water partition coefficient (Wildman–Crippen LogP) is 3.03. The van der Waals surface area contributed by atoms with Crippen LogP contribution >= 0.6 is 11.3 Å². The van der Waals surface area contributed by atoms with E-state index < -0.39 is 0 Å². The van der Waals surface area contributed by atoms with Crippen molar-refractivity contribution in [2.24, 2.45) is 0 Å². The number of rotatable bonds is 8. The molecule has 0 aliphatic heterocycles. The first-order chi connectivity index (χ1) is 10.3. The van der Waals surface area contributed by atoms with E-state index in [-0.39, 0.29) is 0 Å². The highest BCUT2D eigenvalue weighted by molar-refractivity contribution is 7.11. The quantitative estimate of drug-likeness (QED) is 0.814. The van der Waals surface area contributed by atoms with Gasteiger partial charge in [0.25, 0.3) is 0 Å². The van der Waals surface area contributed by atoms with Crippen molar-refractivity contribution in [1.82, 2.24) is 10.3 Å². The van der Waals surface area contributed by atoms with Crippen molar-refractivity contribution in [3.05, 3.63) is 40.3 Å². The minimum atomic E-state index is 0.635. The molecule has 112 valence electrons. The van der Waals surface area contributed by atoms with E-state index >= 15 is 0 Å². The van der Waals surface area contributed by atoms with E-state index in [4.69, 9.17) is 9.47 Å². The van der Waals surface area contributed by atoms with E-state index in [1.165, 1.54) is 17.7 Å². The molecule has 1 N–H and O–H groups in total. The van der Waals surface area contributed by atoms with Gasteiger partial charge < -0.3 is 14.8 Å². The van der Waals surface area contributed by atoms with Crippen molar-refractivity contribution in [3.63, 3.8) is 0 Å². The minimum absolute atomic E-state index is 0.635. The van der Waals surface area contributed by atoms with Gasteiger partial charge in [-0.15, -0.1) is 11.3 Å². The lowest BCUT2D eigenvalue weighted by Crippen LogP contribution is -2.14. The Kier molecular flexibility index (Phi) is 4.72. The summed E-state index contributed by atoms with van der Waals surface area (Å²) in [4.78, 5) is 5.76. The maximum atomic E-state index is 5.74. The molecule has 0 spiro atoms. The molecule has 1 aliphatic carbocycles. The largest absolute Gasteiger partial charge is 0.497 e. The van der Waals surface area contributed by atoms with Crippen molar-refractivity contribution in [3.8, 4) is 11.5 Å². The third-order valence-electron chi connectivity index (χ3n) is 3.37. The van der Waals surface area contributed by atoms with E-state index in [9.17, 15) is 0 Å². The number of hydrogen-bond donors (Lipinski definition) is 1. The molecular formula is C16H20N2O2S. The van der Waals surface area contributed by atoms with Crippen LogP contribution in [0.5, 0.6) is 11.5 Å². The first-order valence-electron chi connectivity index (χ1n) is 7.27. The summed E-state index contributed by atoms with van der Waals surface area (Å²) in [6.45, 7) is 1.58. The average molecular weight is 304 g/mol. The number of methoxy groups -OCH3 is 1. The zero-order valence-corrected chi connectivity index (χ0v) is 13.0. The molecule has 0 bridgehead atoms. The van der Waals surface area contributed by atoms with Crippen molar-refractivity contribution in [2.45, 2.75) is 31.8 Å². The Morgan fingerprint density at radius 2 is 2.19 bits per heavy atom. The maximum Gasteiger partial charge on any atom is 0.123 e. The summed E-state index contributed by atoms with van der Waals surface area (Å²) in [5.41, 5.74) is 0. The topological polar surface area (TPSA) is 43.4 Å². The summed E-state index contributed by atoms with van der Waals surface area (Å²) in [5.74, 6) is 1.65. The van der Waals surface area contributed by atoms with Gasteiger partial charge in [-0.05, 0) is 25.0 Å². The monoisotopic (exact) mass is 304 g/mol. The zero-order chi connectivity index (χ0) is 14.5. The molecule has 3 rings (SSSR count). The first kappa shape index (κ1) is 14.4. The zero-order valence-electron chi connectivity index (χ0n) is 12.2. The molecule has 2 aromatic rings. The molecule has 1 saturated carbocycles. The van der Waals surface area contributed by atoms with E-state index in [1.807, 2.05) is 30.5 Å². The summed E-state index contributed by atoms with van der Waals surface area (Å²) in [6.07, 6.45) is 5.45. The minimum Gasteiger partial charge on any atom is -0.497 e. The molecule has 1 aromatic carbocycles. The molecule has 0 radical (unpaired) electrons. The molecule has 1 aromatic heterocycles. The second-order valence-corrected chi connectivity index (χ2v) is 6.35. The third kappa shape index (κ3) is 4.44. The third-order valence-corrected chi connectivity index (χ3v) is 4.43. The van der Waals surface area contributed by atoms with Crippen LogP contribution < -0.4 is 14.8 Å². The second kappa shape index (κ2) is 6.91. The number of aromatic nitrogens is 1. The number of thiazole rings is 1. The molecule has 0 saturated heterocycles. The van der Waals surface area contributed by atoms with Gasteiger partial charge in [0.15, 0.2) is 0 Å². The number of benzene rings is 1. The number of hydrogen-bond acceptors (Lipinski definition) is 5. The van der Waals surface area contributed by atoms with Gasteiger partial charge in [-0.2, -0.15) is 0 Å². The van der Waals surface area contributed by atoms with Crippen LogP contribution in [0.2, 0.25) is 0 Å². The lowest BCUT2D eigenvalue weighted by atomic mass is 10.3. The van der Waals surface area contributed by atoms with Crippen LogP contribution in [0.3, 0.4) is 0 Å². The van der Waals surface area contributed by atoms with Crippen LogP contribution in [0.4, 0.5) is 0 Å². The van der Waals surface area contributed by atoms with Crippen LogP contribution in [0.1, 0.15) is 22.7 Å². The fourth-order valence-corrected chi connectivity index (χ4v) is 2.88. The number of nitrogens with zero attached hydrogens (tertiary/aromatic N) is 1. The molecule has 4 nitrogen and oxygen atoms in total. The lowest BCUT2D eigenvalue weighted by molar-refractivity contribution is 0.319. The number of ether oxygens (including phenoxy) is 2. The van der Waals surface area contributed by atoms with Crippen molar-refractivity contribution in [1.29, 1.82) is 0 Å². The fraction of sp³-hybridized carbons (Fsp3) is 0.438. The Hall–Kier alpha value is -1.59. The van der Waals surface area contributed by atoms with Crippen molar-refractivity contribution < 1.29 is 9.47 Å². The lowest BCUT2D eigenvalue weighted by Gasteiger charge is -2.06. The van der Waals surface area contributed by atoms with Gasteiger partial charge in [-0.25, -0.2) is 4.98 Å². The molecule has 1 heterocycles. The van der Waals surface area contributed by atoms with Crippen LogP contribution in [0.15, 0.2) is 30.5 Å². The van der Waals surface area contributed by atoms with Crippen LogP contribution in [-0.4, -0.2) is 24.7 Å². The van der Waals surface area contributed by atoms with E-state index in [1.54, 1.807) is 18.4 Å². The van der Waals surface area contributed by atoms with E-state index in [0.29, 0.717) is 6.61 Å². The van der Waals surface area contributed by atoms with Crippen LogP contribution in [0.25, 0.3) is 0 Å². The SMILES string of the molecule is COc1cccc(OCCc2ncc(CNC3CC3)s2)c1. The van der Waals surface area contributed by atoms with Crippen LogP contribution in [-0.2, 0) is 13.0 Å². The highest BCUT2D eigenvalue weighted by atomic mass is 32.1. The summed E-state index contributed by atoms with van der Waals surface area (Å²) in [6, 6.07) is 8.42. The Morgan fingerprint density at radius 3 is 3.00 bits per heavy atom. The molecule has 0 amide bonds. The van der Waals surface area contributed by atoms with Crippen molar-refractivity contribution in [2.75, 3.05) is 13.7 Å². The Balaban J connectivity index is 1.43. The molecule has 1 aliphatic rings. The summed E-state index contributed by atoms with van der Waals surface area (Å²) in [5, 5.41) is 4.64. The Morgan fingerprint density at radius 1 is 1.33 bits per heavy atom. The molecule has 21 heavy (non-hydrogen) atoms.